The van der Waals surface area contributed by atoms with Crippen LogP contribution in [0.3, 0.4) is 0 Å². The van der Waals surface area contributed by atoms with Crippen molar-refractivity contribution in [3.63, 3.8) is 0 Å². The molecule has 0 radical (unpaired) electrons. The van der Waals surface area contributed by atoms with Crippen LogP contribution < -0.4 is 20.3 Å². The molecular formula is C21H19F2N3O4S. The number of hydrogen-bond donors (Lipinski definition) is 1. The number of fused-ring (bicyclic) bond motifs is 2. The molecule has 1 atom stereocenters. The molecule has 1 amide bonds. The van der Waals surface area contributed by atoms with Crippen molar-refractivity contribution in [1.82, 2.24) is 9.55 Å². The van der Waals surface area contributed by atoms with E-state index >= 15 is 0 Å². The van der Waals surface area contributed by atoms with Crippen LogP contribution in [0, 0.1) is 0 Å². The van der Waals surface area contributed by atoms with Crippen molar-refractivity contribution in [2.24, 2.45) is 0 Å². The van der Waals surface area contributed by atoms with E-state index in [1.807, 2.05) is 13.8 Å². The number of anilines is 1. The number of carbonyl (C=O) groups excluding carboxylic acids is 1. The molecule has 0 saturated heterocycles. The van der Waals surface area contributed by atoms with Gasteiger partial charge >= 0.3 is 6.29 Å². The number of thioether (sulfide) groups is 1. The van der Waals surface area contributed by atoms with Gasteiger partial charge in [-0.3, -0.25) is 14.2 Å². The Morgan fingerprint density at radius 3 is 2.74 bits per heavy atom. The second-order valence-electron chi connectivity index (χ2n) is 7.01. The minimum absolute atomic E-state index is 0.0220. The molecule has 1 unspecified atom stereocenters. The first-order valence-electron chi connectivity index (χ1n) is 9.61. The fourth-order valence-electron chi connectivity index (χ4n) is 3.15. The number of nitrogens with zero attached hydrogens (tertiary/aromatic N) is 2. The van der Waals surface area contributed by atoms with Crippen LogP contribution in [0.5, 0.6) is 11.5 Å². The lowest BCUT2D eigenvalue weighted by Gasteiger charge is -2.18. The molecule has 2 heterocycles. The maximum atomic E-state index is 13.1. The van der Waals surface area contributed by atoms with Gasteiger partial charge < -0.3 is 14.8 Å². The van der Waals surface area contributed by atoms with Gasteiger partial charge in [0.1, 0.15) is 0 Å². The van der Waals surface area contributed by atoms with Crippen LogP contribution in [-0.4, -0.2) is 27.5 Å². The molecule has 0 bridgehead atoms. The zero-order valence-corrected chi connectivity index (χ0v) is 17.5. The van der Waals surface area contributed by atoms with Gasteiger partial charge in [0.05, 0.1) is 16.7 Å². The molecule has 162 valence electrons. The third-order valence-electron chi connectivity index (χ3n) is 4.82. The van der Waals surface area contributed by atoms with Crippen molar-refractivity contribution in [1.29, 1.82) is 0 Å². The van der Waals surface area contributed by atoms with Gasteiger partial charge in [0.25, 0.3) is 5.56 Å². The molecule has 0 saturated carbocycles. The van der Waals surface area contributed by atoms with Crippen LogP contribution in [0.1, 0.15) is 26.3 Å². The summed E-state index contributed by atoms with van der Waals surface area (Å²) in [7, 11) is 0. The van der Waals surface area contributed by atoms with E-state index in [4.69, 9.17) is 0 Å². The van der Waals surface area contributed by atoms with E-state index in [9.17, 15) is 18.4 Å². The van der Waals surface area contributed by atoms with Gasteiger partial charge in [-0.2, -0.15) is 0 Å². The van der Waals surface area contributed by atoms with Crippen molar-refractivity contribution in [3.05, 3.63) is 52.8 Å². The van der Waals surface area contributed by atoms with Gasteiger partial charge in [-0.15, -0.1) is 8.78 Å². The maximum Gasteiger partial charge on any atom is 0.586 e. The van der Waals surface area contributed by atoms with Crippen molar-refractivity contribution in [2.75, 3.05) is 11.1 Å². The van der Waals surface area contributed by atoms with E-state index in [2.05, 4.69) is 19.8 Å². The first-order valence-corrected chi connectivity index (χ1v) is 10.6. The molecule has 0 fully saturated rings. The number of ether oxygens (including phenoxy) is 2. The predicted octanol–water partition coefficient (Wildman–Crippen LogP) is 4.42. The Hall–Kier alpha value is -3.14. The van der Waals surface area contributed by atoms with Crippen LogP contribution in [0.15, 0.2) is 52.4 Å². The largest absolute Gasteiger partial charge is 0.586 e. The lowest BCUT2D eigenvalue weighted by Crippen LogP contribution is -2.26. The Morgan fingerprint density at radius 1 is 1.23 bits per heavy atom. The number of carbonyl (C=O) groups is 1. The molecule has 4 rings (SSSR count). The monoisotopic (exact) mass is 447 g/mol. The Labute approximate surface area is 180 Å². The second kappa shape index (κ2) is 8.18. The normalized spacial score (nSPS) is 15.1. The molecule has 0 spiro atoms. The number of nitrogens with one attached hydrogen (secondary N) is 1. The van der Waals surface area contributed by atoms with Gasteiger partial charge in [-0.25, -0.2) is 4.98 Å². The minimum Gasteiger partial charge on any atom is -0.395 e. The van der Waals surface area contributed by atoms with Crippen LogP contribution in [0.2, 0.25) is 0 Å². The number of benzene rings is 2. The quantitative estimate of drug-likeness (QED) is 0.445. The van der Waals surface area contributed by atoms with E-state index in [0.717, 1.165) is 18.2 Å². The highest BCUT2D eigenvalue weighted by Crippen LogP contribution is 2.42. The van der Waals surface area contributed by atoms with Gasteiger partial charge in [0, 0.05) is 17.8 Å². The Kier molecular flexibility index (Phi) is 5.57. The number of hydrogen-bond acceptors (Lipinski definition) is 6. The fourth-order valence-corrected chi connectivity index (χ4v) is 4.05. The highest BCUT2D eigenvalue weighted by Gasteiger charge is 2.43. The summed E-state index contributed by atoms with van der Waals surface area (Å²) in [5.41, 5.74) is 0.697. The summed E-state index contributed by atoms with van der Waals surface area (Å²) in [5, 5.41) is 3.59. The summed E-state index contributed by atoms with van der Waals surface area (Å²) < 4.78 is 36.6. The Morgan fingerprint density at radius 2 is 1.97 bits per heavy atom. The van der Waals surface area contributed by atoms with Crippen LogP contribution >= 0.6 is 11.8 Å². The molecular weight excluding hydrogens is 428 g/mol. The average molecular weight is 447 g/mol. The minimum atomic E-state index is -3.72. The van der Waals surface area contributed by atoms with Crippen molar-refractivity contribution < 1.29 is 23.0 Å². The zero-order chi connectivity index (χ0) is 22.2. The number of halogens is 2. The first-order chi connectivity index (χ1) is 14.8. The molecule has 31 heavy (non-hydrogen) atoms. The third-order valence-corrected chi connectivity index (χ3v) is 5.78. The number of alkyl halides is 2. The van der Waals surface area contributed by atoms with Crippen LogP contribution in [0.25, 0.3) is 10.9 Å². The van der Waals surface area contributed by atoms with Gasteiger partial charge in [-0.1, -0.05) is 30.8 Å². The highest BCUT2D eigenvalue weighted by atomic mass is 32.2. The van der Waals surface area contributed by atoms with E-state index in [1.165, 1.54) is 18.2 Å². The number of para-hydroxylation sites is 1. The summed E-state index contributed by atoms with van der Waals surface area (Å²) in [6, 6.07) is 11.0. The Bertz CT molecular complexity index is 1210. The summed E-state index contributed by atoms with van der Waals surface area (Å²) in [4.78, 5) is 30.0. The summed E-state index contributed by atoms with van der Waals surface area (Å²) in [5.74, 6) is -0.660. The summed E-state index contributed by atoms with van der Waals surface area (Å²) in [6.07, 6.45) is -3.00. The summed E-state index contributed by atoms with van der Waals surface area (Å²) in [6.45, 7) is 3.89. The van der Waals surface area contributed by atoms with Crippen molar-refractivity contribution in [2.45, 2.75) is 37.8 Å². The molecule has 10 heteroatoms. The highest BCUT2D eigenvalue weighted by molar-refractivity contribution is 7.99. The smallest absolute Gasteiger partial charge is 0.395 e. The predicted molar refractivity (Wildman–Crippen MR) is 113 cm³/mol. The lowest BCUT2D eigenvalue weighted by atomic mass is 10.2. The third kappa shape index (κ3) is 4.34. The van der Waals surface area contributed by atoms with Gasteiger partial charge in [0.2, 0.25) is 5.91 Å². The Balaban J connectivity index is 1.52. The molecule has 7 nitrogen and oxygen atoms in total. The van der Waals surface area contributed by atoms with Crippen molar-refractivity contribution >= 4 is 34.3 Å². The van der Waals surface area contributed by atoms with E-state index in [1.54, 1.807) is 28.8 Å². The van der Waals surface area contributed by atoms with E-state index in [-0.39, 0.29) is 40.4 Å². The fraction of sp³-hybridized carbons (Fsp3) is 0.286. The maximum absolute atomic E-state index is 13.1. The van der Waals surface area contributed by atoms with Gasteiger partial charge in [-0.05, 0) is 37.6 Å². The number of aromatic nitrogens is 2. The molecule has 1 aromatic heterocycles. The number of amides is 1. The molecule has 1 N–H and O–H groups in total. The topological polar surface area (TPSA) is 82.5 Å². The van der Waals surface area contributed by atoms with Crippen LogP contribution in [-0.2, 0) is 4.79 Å². The molecule has 1 aliphatic rings. The van der Waals surface area contributed by atoms with E-state index in [0.29, 0.717) is 16.1 Å². The first kappa shape index (κ1) is 21.1. The molecule has 1 aliphatic heterocycles. The second-order valence-corrected chi connectivity index (χ2v) is 7.95. The van der Waals surface area contributed by atoms with Crippen LogP contribution in [0.4, 0.5) is 14.5 Å². The molecule has 2 aromatic carbocycles. The van der Waals surface area contributed by atoms with Gasteiger partial charge in [0.15, 0.2) is 16.7 Å². The number of rotatable bonds is 6. The zero-order valence-electron chi connectivity index (χ0n) is 16.7. The molecule has 3 aromatic rings. The summed E-state index contributed by atoms with van der Waals surface area (Å²) >= 11 is 1.14. The average Bonchev–Trinajstić information content (AvgIpc) is 3.05. The van der Waals surface area contributed by atoms with E-state index < -0.39 is 6.29 Å². The molecule has 0 aliphatic carbocycles. The SMILES string of the molecule is CCC(C)n1c(SCC(=O)Nc2ccc3c(c2)OC(F)(F)O3)nc2ccccc2c1=O. The lowest BCUT2D eigenvalue weighted by molar-refractivity contribution is -0.286. The van der Waals surface area contributed by atoms with Crippen molar-refractivity contribution in [3.8, 4) is 11.5 Å². The standard InChI is InChI=1S/C21H19F2N3O4S/c1-3-12(2)26-19(28)14-6-4-5-7-15(14)25-20(26)31-11-18(27)24-13-8-9-16-17(10-13)30-21(22,23)29-16/h4-10,12H,3,11H2,1-2H3,(H,24,27).